The second-order valence-corrected chi connectivity index (χ2v) is 6.18. The van der Waals surface area contributed by atoms with Crippen LogP contribution in [0.4, 0.5) is 6.01 Å². The summed E-state index contributed by atoms with van der Waals surface area (Å²) < 4.78 is 5.43. The highest BCUT2D eigenvalue weighted by atomic mass is 16.4. The molecule has 1 aromatic heterocycles. The van der Waals surface area contributed by atoms with Gasteiger partial charge in [-0.2, -0.15) is 0 Å². The van der Waals surface area contributed by atoms with Crippen LogP contribution in [0, 0.1) is 5.92 Å². The zero-order valence-corrected chi connectivity index (χ0v) is 12.4. The highest BCUT2D eigenvalue weighted by molar-refractivity contribution is 5.90. The zero-order chi connectivity index (χ0) is 14.8. The molecule has 1 heterocycles. The number of nitrogens with one attached hydrogen (secondary N) is 1. The molecule has 2 aliphatic rings. The maximum Gasteiger partial charge on any atom is 0.322 e. The molecule has 3 N–H and O–H groups in total. The van der Waals surface area contributed by atoms with Gasteiger partial charge >= 0.3 is 6.01 Å². The molecular weight excluding hydrogens is 270 g/mol. The van der Waals surface area contributed by atoms with E-state index in [4.69, 9.17) is 10.2 Å². The third kappa shape index (κ3) is 3.41. The van der Waals surface area contributed by atoms with E-state index in [1.165, 1.54) is 6.42 Å². The number of likely N-dealkylation sites (N-methyl/N-ethyl adjacent to an activating group) is 1. The Morgan fingerprint density at radius 3 is 2.90 bits per heavy atom. The summed E-state index contributed by atoms with van der Waals surface area (Å²) in [4.78, 5) is 14.1. The van der Waals surface area contributed by atoms with Crippen LogP contribution in [0.1, 0.15) is 43.9 Å². The van der Waals surface area contributed by atoms with Crippen LogP contribution in [0.3, 0.4) is 0 Å². The SMILES string of the molecule is CN(CC(=O)Nc1nnc(C2CC2)o1)C1CCCC1CN. The number of amides is 1. The average Bonchev–Trinajstić information content (AvgIpc) is 3.02. The molecule has 0 saturated heterocycles. The van der Waals surface area contributed by atoms with Crippen LogP contribution < -0.4 is 11.1 Å². The van der Waals surface area contributed by atoms with Gasteiger partial charge < -0.3 is 10.2 Å². The van der Waals surface area contributed by atoms with E-state index in [1.54, 1.807) is 0 Å². The van der Waals surface area contributed by atoms with Gasteiger partial charge in [0.2, 0.25) is 11.8 Å². The van der Waals surface area contributed by atoms with E-state index in [0.717, 1.165) is 25.7 Å². The first-order valence-corrected chi connectivity index (χ1v) is 7.71. The van der Waals surface area contributed by atoms with Crippen molar-refractivity contribution in [1.29, 1.82) is 0 Å². The highest BCUT2D eigenvalue weighted by Crippen LogP contribution is 2.39. The number of anilines is 1. The molecule has 7 nitrogen and oxygen atoms in total. The number of hydrogen-bond donors (Lipinski definition) is 2. The van der Waals surface area contributed by atoms with Crippen molar-refractivity contribution in [3.05, 3.63) is 5.89 Å². The van der Waals surface area contributed by atoms with Crippen LogP contribution in [0.5, 0.6) is 0 Å². The molecule has 2 fully saturated rings. The summed E-state index contributed by atoms with van der Waals surface area (Å²) in [6.45, 7) is 1.01. The second-order valence-electron chi connectivity index (χ2n) is 6.18. The first-order chi connectivity index (χ1) is 10.2. The third-order valence-corrected chi connectivity index (χ3v) is 4.49. The highest BCUT2D eigenvalue weighted by Gasteiger charge is 2.31. The van der Waals surface area contributed by atoms with Crippen molar-refractivity contribution in [1.82, 2.24) is 15.1 Å². The Hall–Kier alpha value is -1.47. The van der Waals surface area contributed by atoms with Crippen LogP contribution in [-0.4, -0.2) is 47.2 Å². The number of nitrogens with two attached hydrogens (primary N) is 1. The molecule has 3 rings (SSSR count). The Labute approximate surface area is 124 Å². The molecule has 1 aromatic rings. The van der Waals surface area contributed by atoms with Gasteiger partial charge in [0.15, 0.2) is 0 Å². The van der Waals surface area contributed by atoms with E-state index >= 15 is 0 Å². The standard InChI is InChI=1S/C14H23N5O2/c1-19(11-4-2-3-10(11)7-15)8-12(20)16-14-18-17-13(21-14)9-5-6-9/h9-11H,2-8,15H2,1H3,(H,16,18,20). The fourth-order valence-electron chi connectivity index (χ4n) is 3.16. The number of carbonyl (C=O) groups excluding carboxylic acids is 1. The van der Waals surface area contributed by atoms with E-state index < -0.39 is 0 Å². The minimum absolute atomic E-state index is 0.119. The van der Waals surface area contributed by atoms with Gasteiger partial charge in [-0.1, -0.05) is 11.5 Å². The molecule has 2 unspecified atom stereocenters. The van der Waals surface area contributed by atoms with E-state index in [0.29, 0.717) is 36.9 Å². The van der Waals surface area contributed by atoms with Crippen LogP contribution in [-0.2, 0) is 4.79 Å². The maximum absolute atomic E-state index is 12.1. The molecule has 116 valence electrons. The first-order valence-electron chi connectivity index (χ1n) is 7.71. The number of rotatable bonds is 6. The zero-order valence-electron chi connectivity index (χ0n) is 12.4. The lowest BCUT2D eigenvalue weighted by atomic mass is 10.0. The Bertz CT molecular complexity index is 499. The van der Waals surface area contributed by atoms with Crippen molar-refractivity contribution in [3.63, 3.8) is 0 Å². The van der Waals surface area contributed by atoms with E-state index in [1.807, 2.05) is 7.05 Å². The fourth-order valence-corrected chi connectivity index (χ4v) is 3.16. The minimum Gasteiger partial charge on any atom is -0.408 e. The largest absolute Gasteiger partial charge is 0.408 e. The molecular formula is C14H23N5O2. The lowest BCUT2D eigenvalue weighted by molar-refractivity contribution is -0.117. The second kappa shape index (κ2) is 6.11. The number of nitrogens with zero attached hydrogens (tertiary/aromatic N) is 3. The number of aromatic nitrogens is 2. The smallest absolute Gasteiger partial charge is 0.322 e. The maximum atomic E-state index is 12.1. The summed E-state index contributed by atoms with van der Waals surface area (Å²) in [7, 11) is 1.97. The van der Waals surface area contributed by atoms with Gasteiger partial charge in [-0.15, -0.1) is 5.10 Å². The lowest BCUT2D eigenvalue weighted by Crippen LogP contribution is -2.41. The lowest BCUT2D eigenvalue weighted by Gasteiger charge is -2.28. The molecule has 7 heteroatoms. The summed E-state index contributed by atoms with van der Waals surface area (Å²) in [6.07, 6.45) is 5.65. The topological polar surface area (TPSA) is 97.3 Å². The molecule has 0 radical (unpaired) electrons. The van der Waals surface area contributed by atoms with Gasteiger partial charge in [-0.05, 0) is 45.2 Å². The van der Waals surface area contributed by atoms with E-state index in [9.17, 15) is 4.79 Å². The molecule has 0 aliphatic heterocycles. The molecule has 21 heavy (non-hydrogen) atoms. The molecule has 1 amide bonds. The average molecular weight is 293 g/mol. The third-order valence-electron chi connectivity index (χ3n) is 4.49. The molecule has 0 bridgehead atoms. The monoisotopic (exact) mass is 293 g/mol. The predicted molar refractivity (Wildman–Crippen MR) is 77.7 cm³/mol. The summed E-state index contributed by atoms with van der Waals surface area (Å²) in [5.41, 5.74) is 5.79. The predicted octanol–water partition coefficient (Wildman–Crippen LogP) is 0.945. The molecule has 0 spiro atoms. The summed E-state index contributed by atoms with van der Waals surface area (Å²) in [5, 5.41) is 10.5. The van der Waals surface area contributed by atoms with Crippen LogP contribution in [0.25, 0.3) is 0 Å². The Balaban J connectivity index is 1.50. The molecule has 0 aromatic carbocycles. The van der Waals surface area contributed by atoms with Crippen LogP contribution in [0.15, 0.2) is 4.42 Å². The Morgan fingerprint density at radius 2 is 2.19 bits per heavy atom. The quantitative estimate of drug-likeness (QED) is 0.810. The normalized spacial score (nSPS) is 25.5. The van der Waals surface area contributed by atoms with Crippen molar-refractivity contribution < 1.29 is 9.21 Å². The fraction of sp³-hybridized carbons (Fsp3) is 0.786. The van der Waals surface area contributed by atoms with Gasteiger partial charge in [0.25, 0.3) is 0 Å². The summed E-state index contributed by atoms with van der Waals surface area (Å²) >= 11 is 0. The van der Waals surface area contributed by atoms with Crippen molar-refractivity contribution >= 4 is 11.9 Å². The van der Waals surface area contributed by atoms with Crippen molar-refractivity contribution in [2.45, 2.75) is 44.1 Å². The number of hydrogen-bond acceptors (Lipinski definition) is 6. The van der Waals surface area contributed by atoms with Gasteiger partial charge in [0.05, 0.1) is 6.54 Å². The van der Waals surface area contributed by atoms with E-state index in [2.05, 4.69) is 20.4 Å². The molecule has 2 saturated carbocycles. The van der Waals surface area contributed by atoms with Crippen LogP contribution in [0.2, 0.25) is 0 Å². The van der Waals surface area contributed by atoms with Gasteiger partial charge in [0.1, 0.15) is 0 Å². The minimum atomic E-state index is -0.119. The van der Waals surface area contributed by atoms with Crippen molar-refractivity contribution in [2.24, 2.45) is 11.7 Å². The Kier molecular flexibility index (Phi) is 4.21. The van der Waals surface area contributed by atoms with Crippen LogP contribution >= 0.6 is 0 Å². The van der Waals surface area contributed by atoms with Gasteiger partial charge in [-0.25, -0.2) is 0 Å². The molecule has 2 atom stereocenters. The summed E-state index contributed by atoms with van der Waals surface area (Å²) in [5.74, 6) is 1.41. The van der Waals surface area contributed by atoms with Gasteiger partial charge in [0, 0.05) is 12.0 Å². The van der Waals surface area contributed by atoms with Crippen molar-refractivity contribution in [2.75, 3.05) is 25.5 Å². The number of carbonyl (C=O) groups is 1. The molecule has 2 aliphatic carbocycles. The van der Waals surface area contributed by atoms with Gasteiger partial charge in [-0.3, -0.25) is 15.0 Å². The van der Waals surface area contributed by atoms with E-state index in [-0.39, 0.29) is 11.9 Å². The summed E-state index contributed by atoms with van der Waals surface area (Å²) in [6, 6.07) is 0.600. The van der Waals surface area contributed by atoms with Crippen molar-refractivity contribution in [3.8, 4) is 0 Å². The first kappa shape index (κ1) is 14.5. The Morgan fingerprint density at radius 1 is 1.38 bits per heavy atom.